The number of benzene rings is 1. The molecule has 1 fully saturated rings. The predicted octanol–water partition coefficient (Wildman–Crippen LogP) is 4.23. The first kappa shape index (κ1) is 22.3. The number of ether oxygens (including phenoxy) is 3. The number of amides is 2. The molecule has 1 aromatic carbocycles. The van der Waals surface area contributed by atoms with E-state index in [0.717, 1.165) is 23.1 Å². The van der Waals surface area contributed by atoms with Crippen LogP contribution in [0.3, 0.4) is 0 Å². The van der Waals surface area contributed by atoms with Crippen LogP contribution in [-0.4, -0.2) is 48.4 Å². The highest BCUT2D eigenvalue weighted by atomic mass is 79.9. The number of rotatable bonds is 7. The molecule has 1 aliphatic heterocycles. The second-order valence-corrected chi connectivity index (χ2v) is 7.97. The summed E-state index contributed by atoms with van der Waals surface area (Å²) < 4.78 is 16.6. The number of carbonyl (C=O) groups is 3. The van der Waals surface area contributed by atoms with E-state index in [-0.39, 0.29) is 11.0 Å². The summed E-state index contributed by atoms with van der Waals surface area (Å²) in [7, 11) is 2.74. The Morgan fingerprint density at radius 2 is 1.96 bits per heavy atom. The first-order chi connectivity index (χ1) is 13.2. The fourth-order valence-electron chi connectivity index (χ4n) is 2.46. The number of hydrogen-bond donors (Lipinski definition) is 0. The maximum Gasteiger partial charge on any atom is 0.328 e. The Labute approximate surface area is 176 Å². The zero-order chi connectivity index (χ0) is 21.0. The van der Waals surface area contributed by atoms with Gasteiger partial charge in [-0.1, -0.05) is 6.92 Å². The SMILES string of the molecule is CC[C@@H](C)Oc1c(Br)cc(/C=C2/SC(=O)N([C@H](C)C(=O)OC)C2=O)cc1OC. The molecule has 0 aliphatic carbocycles. The number of imide groups is 1. The number of nitrogens with zero attached hydrogens (tertiary/aromatic N) is 1. The minimum Gasteiger partial charge on any atom is -0.493 e. The lowest BCUT2D eigenvalue weighted by atomic mass is 10.1. The third-order valence-electron chi connectivity index (χ3n) is 4.20. The van der Waals surface area contributed by atoms with Gasteiger partial charge in [0.05, 0.1) is 29.7 Å². The molecule has 1 saturated heterocycles. The van der Waals surface area contributed by atoms with Gasteiger partial charge in [-0.25, -0.2) is 4.79 Å². The van der Waals surface area contributed by atoms with Gasteiger partial charge in [0.1, 0.15) is 6.04 Å². The summed E-state index contributed by atoms with van der Waals surface area (Å²) in [6.07, 6.45) is 2.42. The zero-order valence-corrected chi connectivity index (χ0v) is 18.7. The second kappa shape index (κ2) is 9.47. The van der Waals surface area contributed by atoms with Gasteiger partial charge in [0.15, 0.2) is 11.5 Å². The summed E-state index contributed by atoms with van der Waals surface area (Å²) in [6, 6.07) is 2.51. The van der Waals surface area contributed by atoms with Gasteiger partial charge in [0, 0.05) is 0 Å². The van der Waals surface area contributed by atoms with Gasteiger partial charge in [0.2, 0.25) is 0 Å². The van der Waals surface area contributed by atoms with Crippen molar-refractivity contribution in [1.29, 1.82) is 0 Å². The van der Waals surface area contributed by atoms with Crippen LogP contribution in [0, 0.1) is 0 Å². The van der Waals surface area contributed by atoms with Crippen LogP contribution < -0.4 is 9.47 Å². The van der Waals surface area contributed by atoms with Crippen molar-refractivity contribution in [2.24, 2.45) is 0 Å². The van der Waals surface area contributed by atoms with E-state index in [1.165, 1.54) is 21.1 Å². The van der Waals surface area contributed by atoms with Crippen molar-refractivity contribution in [1.82, 2.24) is 4.90 Å². The molecule has 28 heavy (non-hydrogen) atoms. The van der Waals surface area contributed by atoms with E-state index in [4.69, 9.17) is 9.47 Å². The standard InChI is InChI=1S/C19H22BrNO6S/c1-6-10(2)27-16-13(20)7-12(8-14(16)25-4)9-15-17(22)21(19(24)28-15)11(3)18(23)26-5/h7-11H,6H2,1-5H3/b15-9+/t10-,11-/m1/s1. The molecule has 0 unspecified atom stereocenters. The summed E-state index contributed by atoms with van der Waals surface area (Å²) >= 11 is 4.25. The number of hydrogen-bond acceptors (Lipinski definition) is 7. The molecule has 1 heterocycles. The molecule has 0 bridgehead atoms. The van der Waals surface area contributed by atoms with E-state index in [1.807, 2.05) is 13.8 Å². The van der Waals surface area contributed by atoms with Gasteiger partial charge < -0.3 is 14.2 Å². The smallest absolute Gasteiger partial charge is 0.328 e. The van der Waals surface area contributed by atoms with Crippen molar-refractivity contribution in [3.8, 4) is 11.5 Å². The van der Waals surface area contributed by atoms with Crippen LogP contribution in [-0.2, 0) is 14.3 Å². The van der Waals surface area contributed by atoms with Crippen LogP contribution in [0.1, 0.15) is 32.8 Å². The van der Waals surface area contributed by atoms with Gasteiger partial charge in [-0.3, -0.25) is 14.5 Å². The highest BCUT2D eigenvalue weighted by molar-refractivity contribution is 9.10. The van der Waals surface area contributed by atoms with E-state index in [9.17, 15) is 14.4 Å². The van der Waals surface area contributed by atoms with Crippen molar-refractivity contribution in [3.05, 3.63) is 27.1 Å². The molecule has 0 spiro atoms. The van der Waals surface area contributed by atoms with Crippen molar-refractivity contribution >= 4 is 50.9 Å². The van der Waals surface area contributed by atoms with Crippen LogP contribution in [0.25, 0.3) is 6.08 Å². The van der Waals surface area contributed by atoms with E-state index >= 15 is 0 Å². The molecule has 152 valence electrons. The molecular formula is C19H22BrNO6S. The molecule has 1 aliphatic rings. The molecule has 0 aromatic heterocycles. The molecule has 2 amide bonds. The summed E-state index contributed by atoms with van der Waals surface area (Å²) in [5, 5.41) is -0.517. The van der Waals surface area contributed by atoms with Crippen LogP contribution in [0.4, 0.5) is 4.79 Å². The van der Waals surface area contributed by atoms with Gasteiger partial charge >= 0.3 is 5.97 Å². The maximum absolute atomic E-state index is 12.6. The van der Waals surface area contributed by atoms with Gasteiger partial charge in [-0.15, -0.1) is 0 Å². The van der Waals surface area contributed by atoms with E-state index < -0.39 is 23.2 Å². The molecule has 2 rings (SSSR count). The van der Waals surface area contributed by atoms with Crippen molar-refractivity contribution in [2.75, 3.05) is 14.2 Å². The van der Waals surface area contributed by atoms with E-state index in [1.54, 1.807) is 18.2 Å². The van der Waals surface area contributed by atoms with Crippen LogP contribution in [0.15, 0.2) is 21.5 Å². The molecular weight excluding hydrogens is 450 g/mol. The molecule has 0 saturated carbocycles. The third-order valence-corrected chi connectivity index (χ3v) is 5.67. The minimum absolute atomic E-state index is 0.00681. The average Bonchev–Trinajstić information content (AvgIpc) is 2.95. The molecule has 7 nitrogen and oxygen atoms in total. The maximum atomic E-state index is 12.6. The molecule has 0 N–H and O–H groups in total. The minimum atomic E-state index is -0.990. The zero-order valence-electron chi connectivity index (χ0n) is 16.3. The Morgan fingerprint density at radius 1 is 1.29 bits per heavy atom. The fraction of sp³-hybridized carbons (Fsp3) is 0.421. The first-order valence-corrected chi connectivity index (χ1v) is 10.2. The van der Waals surface area contributed by atoms with Gasteiger partial charge in [-0.05, 0) is 71.7 Å². The summed E-state index contributed by atoms with van der Waals surface area (Å²) in [4.78, 5) is 37.6. The Balaban J connectivity index is 2.35. The molecule has 1 aromatic rings. The molecule has 0 radical (unpaired) electrons. The number of thioether (sulfide) groups is 1. The average molecular weight is 472 g/mol. The Kier molecular flexibility index (Phi) is 7.54. The fourth-order valence-corrected chi connectivity index (χ4v) is 3.92. The van der Waals surface area contributed by atoms with E-state index in [2.05, 4.69) is 20.7 Å². The lowest BCUT2D eigenvalue weighted by molar-refractivity contribution is -0.148. The monoisotopic (exact) mass is 471 g/mol. The normalized spacial score (nSPS) is 17.6. The van der Waals surface area contributed by atoms with Gasteiger partial charge in [-0.2, -0.15) is 0 Å². The van der Waals surface area contributed by atoms with E-state index in [0.29, 0.717) is 21.5 Å². The van der Waals surface area contributed by atoms with Gasteiger partial charge in [0.25, 0.3) is 11.1 Å². The highest BCUT2D eigenvalue weighted by Crippen LogP contribution is 2.40. The van der Waals surface area contributed by atoms with Crippen molar-refractivity contribution in [3.63, 3.8) is 0 Å². The Morgan fingerprint density at radius 3 is 2.54 bits per heavy atom. The number of carbonyl (C=O) groups excluding carboxylic acids is 3. The van der Waals surface area contributed by atoms with Crippen molar-refractivity contribution < 1.29 is 28.6 Å². The second-order valence-electron chi connectivity index (χ2n) is 6.12. The van der Waals surface area contributed by atoms with Crippen LogP contribution >= 0.6 is 27.7 Å². The van der Waals surface area contributed by atoms with Crippen LogP contribution in [0.2, 0.25) is 0 Å². The molecule has 2 atom stereocenters. The topological polar surface area (TPSA) is 82.1 Å². The quantitative estimate of drug-likeness (QED) is 0.434. The summed E-state index contributed by atoms with van der Waals surface area (Å²) in [6.45, 7) is 5.43. The van der Waals surface area contributed by atoms with Crippen LogP contribution in [0.5, 0.6) is 11.5 Å². The highest BCUT2D eigenvalue weighted by Gasteiger charge is 2.41. The third kappa shape index (κ3) is 4.70. The summed E-state index contributed by atoms with van der Waals surface area (Å²) in [5.41, 5.74) is 0.649. The first-order valence-electron chi connectivity index (χ1n) is 8.62. The number of halogens is 1. The Bertz CT molecular complexity index is 825. The number of methoxy groups -OCH3 is 2. The Hall–Kier alpha value is -2.00. The largest absolute Gasteiger partial charge is 0.493 e. The van der Waals surface area contributed by atoms with Crippen molar-refractivity contribution in [2.45, 2.75) is 39.3 Å². The summed E-state index contributed by atoms with van der Waals surface area (Å²) in [5.74, 6) is -0.119. The lowest BCUT2D eigenvalue weighted by Crippen LogP contribution is -2.42. The number of esters is 1. The lowest BCUT2D eigenvalue weighted by Gasteiger charge is -2.18. The predicted molar refractivity (Wildman–Crippen MR) is 110 cm³/mol. The molecule has 9 heteroatoms.